The molecule has 0 aromatic heterocycles. The zero-order chi connectivity index (χ0) is 16.7. The van der Waals surface area contributed by atoms with Crippen LogP contribution in [0.5, 0.6) is 0 Å². The molecule has 0 atom stereocenters. The summed E-state index contributed by atoms with van der Waals surface area (Å²) in [4.78, 5) is 14.0. The van der Waals surface area contributed by atoms with E-state index in [1.54, 1.807) is 6.92 Å². The molecule has 0 saturated carbocycles. The number of carboxylic acid groups (broad SMARTS) is 1. The first-order chi connectivity index (χ1) is 10.1. The molecule has 2 rings (SSSR count). The van der Waals surface area contributed by atoms with Gasteiger partial charge in [-0.25, -0.2) is 4.79 Å². The van der Waals surface area contributed by atoms with Crippen molar-refractivity contribution in [2.24, 2.45) is 5.11 Å². The van der Waals surface area contributed by atoms with E-state index < -0.39 is 24.3 Å². The first kappa shape index (κ1) is 16.4. The highest BCUT2D eigenvalue weighted by atomic mass is 16.7. The summed E-state index contributed by atoms with van der Waals surface area (Å²) in [6, 6.07) is 2.84. The Morgan fingerprint density at radius 1 is 1.27 bits per heavy atom. The van der Waals surface area contributed by atoms with E-state index in [1.807, 2.05) is 27.7 Å². The lowest BCUT2D eigenvalue weighted by atomic mass is 9.75. The molecule has 0 spiro atoms. The van der Waals surface area contributed by atoms with Gasteiger partial charge in [0, 0.05) is 10.6 Å². The van der Waals surface area contributed by atoms with E-state index in [0.29, 0.717) is 11.0 Å². The molecule has 116 valence electrons. The SMILES string of the molecule is Cc1c(N=[N+]=[N-])cc(C(=O)O)cc1B1OC(C)(C)C(C)(C)O1. The maximum absolute atomic E-state index is 11.3. The van der Waals surface area contributed by atoms with Crippen LogP contribution in [0.2, 0.25) is 0 Å². The molecule has 1 aliphatic rings. The van der Waals surface area contributed by atoms with Crippen LogP contribution in [0.1, 0.15) is 43.6 Å². The lowest BCUT2D eigenvalue weighted by Crippen LogP contribution is -2.41. The summed E-state index contributed by atoms with van der Waals surface area (Å²) in [5, 5.41) is 12.8. The fraction of sp³-hybridized carbons (Fsp3) is 0.500. The van der Waals surface area contributed by atoms with Crippen LogP contribution in [0, 0.1) is 6.92 Å². The summed E-state index contributed by atoms with van der Waals surface area (Å²) in [5.74, 6) is -1.10. The fourth-order valence-corrected chi connectivity index (χ4v) is 2.21. The van der Waals surface area contributed by atoms with Gasteiger partial charge >= 0.3 is 13.1 Å². The lowest BCUT2D eigenvalue weighted by Gasteiger charge is -2.32. The highest BCUT2D eigenvalue weighted by Gasteiger charge is 2.52. The van der Waals surface area contributed by atoms with Crippen molar-refractivity contribution in [1.29, 1.82) is 0 Å². The molecular formula is C14H18BN3O4. The van der Waals surface area contributed by atoms with Crippen molar-refractivity contribution in [2.45, 2.75) is 45.8 Å². The Balaban J connectivity index is 2.56. The summed E-state index contributed by atoms with van der Waals surface area (Å²) in [6.45, 7) is 9.40. The van der Waals surface area contributed by atoms with Crippen molar-refractivity contribution in [2.75, 3.05) is 0 Å². The molecule has 0 amide bonds. The Bertz CT molecular complexity index is 665. The van der Waals surface area contributed by atoms with Gasteiger partial charge in [0.25, 0.3) is 0 Å². The van der Waals surface area contributed by atoms with E-state index in [2.05, 4.69) is 10.0 Å². The molecule has 22 heavy (non-hydrogen) atoms. The smallest absolute Gasteiger partial charge is 0.478 e. The maximum Gasteiger partial charge on any atom is 0.495 e. The first-order valence-electron chi connectivity index (χ1n) is 6.87. The standard InChI is InChI=1S/C14H18BN3O4/c1-8-10(15-21-13(2,3)14(4,5)22-15)6-9(12(19)20)7-11(8)17-18-16/h6-7H,1-5H3,(H,19,20). The van der Waals surface area contributed by atoms with Gasteiger partial charge in [-0.1, -0.05) is 5.11 Å². The van der Waals surface area contributed by atoms with Gasteiger partial charge in [-0.3, -0.25) is 0 Å². The Morgan fingerprint density at radius 3 is 2.27 bits per heavy atom. The summed E-state index contributed by atoms with van der Waals surface area (Å²) in [7, 11) is -0.711. The number of azide groups is 1. The largest absolute Gasteiger partial charge is 0.495 e. The van der Waals surface area contributed by atoms with Crippen molar-refractivity contribution in [3.05, 3.63) is 33.7 Å². The summed E-state index contributed by atoms with van der Waals surface area (Å²) >= 11 is 0. The second-order valence-electron chi connectivity index (χ2n) is 6.29. The van der Waals surface area contributed by atoms with Crippen LogP contribution in [-0.2, 0) is 9.31 Å². The van der Waals surface area contributed by atoms with Crippen LogP contribution in [0.15, 0.2) is 17.2 Å². The molecule has 8 heteroatoms. The molecule has 1 saturated heterocycles. The molecule has 0 unspecified atom stereocenters. The quantitative estimate of drug-likeness (QED) is 0.401. The van der Waals surface area contributed by atoms with Gasteiger partial charge in [-0.05, 0) is 63.3 Å². The molecule has 0 bridgehead atoms. The molecule has 1 aliphatic heterocycles. The molecule has 0 radical (unpaired) electrons. The predicted octanol–water partition coefficient (Wildman–Crippen LogP) is 2.93. The molecule has 1 fully saturated rings. The number of carboxylic acids is 1. The molecule has 1 heterocycles. The van der Waals surface area contributed by atoms with Crippen LogP contribution in [0.25, 0.3) is 10.4 Å². The average Bonchev–Trinajstić information content (AvgIpc) is 2.60. The molecule has 1 aromatic carbocycles. The third-order valence-electron chi connectivity index (χ3n) is 4.33. The van der Waals surface area contributed by atoms with Crippen molar-refractivity contribution >= 4 is 24.2 Å². The number of nitrogens with zero attached hydrogens (tertiary/aromatic N) is 3. The maximum atomic E-state index is 11.3. The zero-order valence-corrected chi connectivity index (χ0v) is 13.2. The zero-order valence-electron chi connectivity index (χ0n) is 13.2. The normalized spacial score (nSPS) is 18.9. The highest BCUT2D eigenvalue weighted by Crippen LogP contribution is 2.37. The molecular weight excluding hydrogens is 285 g/mol. The molecule has 1 aromatic rings. The third-order valence-corrected chi connectivity index (χ3v) is 4.33. The number of rotatable bonds is 3. The van der Waals surface area contributed by atoms with E-state index in [1.165, 1.54) is 12.1 Å². The van der Waals surface area contributed by atoms with Crippen LogP contribution < -0.4 is 5.46 Å². The minimum atomic E-state index is -1.10. The van der Waals surface area contributed by atoms with Gasteiger partial charge in [0.05, 0.1) is 16.8 Å². The molecule has 1 N–H and O–H groups in total. The van der Waals surface area contributed by atoms with Gasteiger partial charge in [-0.2, -0.15) is 0 Å². The number of hydrogen-bond acceptors (Lipinski definition) is 4. The van der Waals surface area contributed by atoms with E-state index in [4.69, 9.17) is 14.8 Å². The second-order valence-corrected chi connectivity index (χ2v) is 6.29. The lowest BCUT2D eigenvalue weighted by molar-refractivity contribution is 0.00578. The minimum Gasteiger partial charge on any atom is -0.478 e. The van der Waals surface area contributed by atoms with E-state index >= 15 is 0 Å². The highest BCUT2D eigenvalue weighted by molar-refractivity contribution is 6.63. The number of benzene rings is 1. The molecule has 0 aliphatic carbocycles. The third kappa shape index (κ3) is 2.68. The Kier molecular flexibility index (Phi) is 3.95. The van der Waals surface area contributed by atoms with Crippen LogP contribution in [0.4, 0.5) is 5.69 Å². The monoisotopic (exact) mass is 303 g/mol. The Morgan fingerprint density at radius 2 is 1.82 bits per heavy atom. The average molecular weight is 303 g/mol. The van der Waals surface area contributed by atoms with E-state index in [9.17, 15) is 9.90 Å². The first-order valence-corrected chi connectivity index (χ1v) is 6.87. The van der Waals surface area contributed by atoms with Crippen LogP contribution in [-0.4, -0.2) is 29.4 Å². The van der Waals surface area contributed by atoms with Gasteiger partial charge in [0.1, 0.15) is 0 Å². The Labute approximate surface area is 129 Å². The predicted molar refractivity (Wildman–Crippen MR) is 82.7 cm³/mol. The topological polar surface area (TPSA) is 105 Å². The Hall–Kier alpha value is -2.02. The number of carbonyl (C=O) groups is 1. The van der Waals surface area contributed by atoms with Gasteiger partial charge in [-0.15, -0.1) is 0 Å². The van der Waals surface area contributed by atoms with Crippen LogP contribution in [0.3, 0.4) is 0 Å². The van der Waals surface area contributed by atoms with Crippen molar-refractivity contribution in [3.8, 4) is 0 Å². The van der Waals surface area contributed by atoms with E-state index in [-0.39, 0.29) is 11.3 Å². The van der Waals surface area contributed by atoms with Crippen molar-refractivity contribution < 1.29 is 19.2 Å². The van der Waals surface area contributed by atoms with Gasteiger partial charge in [0.2, 0.25) is 0 Å². The fourth-order valence-electron chi connectivity index (χ4n) is 2.21. The van der Waals surface area contributed by atoms with Gasteiger partial charge in [0.15, 0.2) is 0 Å². The van der Waals surface area contributed by atoms with E-state index in [0.717, 1.165) is 0 Å². The van der Waals surface area contributed by atoms with Gasteiger partial charge < -0.3 is 14.4 Å². The summed E-state index contributed by atoms with van der Waals surface area (Å²) in [6.07, 6.45) is 0. The summed E-state index contributed by atoms with van der Waals surface area (Å²) < 4.78 is 11.9. The second kappa shape index (κ2) is 5.32. The molecule has 7 nitrogen and oxygen atoms in total. The number of hydrogen-bond donors (Lipinski definition) is 1. The summed E-state index contributed by atoms with van der Waals surface area (Å²) in [5.41, 5.74) is 9.04. The van der Waals surface area contributed by atoms with Crippen molar-refractivity contribution in [3.63, 3.8) is 0 Å². The minimum absolute atomic E-state index is 0.0257. The number of aromatic carboxylic acids is 1. The van der Waals surface area contributed by atoms with Crippen LogP contribution >= 0.6 is 0 Å². The van der Waals surface area contributed by atoms with Crippen molar-refractivity contribution in [1.82, 2.24) is 0 Å².